The Hall–Kier alpha value is -1.73. The average molecular weight is 405 g/mol. The van der Waals surface area contributed by atoms with Gasteiger partial charge in [-0.1, -0.05) is 37.7 Å². The van der Waals surface area contributed by atoms with Gasteiger partial charge in [-0.3, -0.25) is 9.69 Å². The van der Waals surface area contributed by atoms with Gasteiger partial charge in [-0.2, -0.15) is 0 Å². The number of thioether (sulfide) groups is 2. The molecule has 2 aliphatic heterocycles. The summed E-state index contributed by atoms with van der Waals surface area (Å²) in [5.41, 5.74) is 1.97. The van der Waals surface area contributed by atoms with E-state index < -0.39 is 12.0 Å². The highest BCUT2D eigenvalue weighted by atomic mass is 32.2. The highest BCUT2D eigenvalue weighted by molar-refractivity contribution is 8.14. The van der Waals surface area contributed by atoms with Crippen LogP contribution in [-0.2, 0) is 14.3 Å². The maximum Gasteiger partial charge on any atom is 0.338 e. The Morgan fingerprint density at radius 1 is 1.37 bits per heavy atom. The van der Waals surface area contributed by atoms with Crippen molar-refractivity contribution < 1.29 is 14.3 Å². The number of amides is 1. The van der Waals surface area contributed by atoms with E-state index in [1.165, 1.54) is 0 Å². The van der Waals surface area contributed by atoms with Crippen molar-refractivity contribution in [1.82, 2.24) is 4.90 Å². The zero-order chi connectivity index (χ0) is 19.6. The van der Waals surface area contributed by atoms with Gasteiger partial charge in [0.1, 0.15) is 0 Å². The molecule has 1 saturated heterocycles. The van der Waals surface area contributed by atoms with Crippen LogP contribution < -0.4 is 0 Å². The van der Waals surface area contributed by atoms with Gasteiger partial charge >= 0.3 is 5.97 Å². The van der Waals surface area contributed by atoms with Crippen LogP contribution in [0.3, 0.4) is 0 Å². The molecule has 2 aliphatic rings. The van der Waals surface area contributed by atoms with Crippen LogP contribution in [0.2, 0.25) is 0 Å². The number of allylic oxidation sites excluding steroid dienone is 1. The molecule has 1 fully saturated rings. The molecule has 5 nitrogen and oxygen atoms in total. The van der Waals surface area contributed by atoms with Gasteiger partial charge in [0, 0.05) is 17.1 Å². The lowest BCUT2D eigenvalue weighted by atomic mass is 9.94. The monoisotopic (exact) mass is 404 g/mol. The van der Waals surface area contributed by atoms with E-state index in [1.807, 2.05) is 51.3 Å². The highest BCUT2D eigenvalue weighted by Gasteiger charge is 2.41. The van der Waals surface area contributed by atoms with Crippen LogP contribution in [0, 0.1) is 5.92 Å². The second-order valence-electron chi connectivity index (χ2n) is 6.92. The number of hydrogen-bond donors (Lipinski definition) is 0. The molecular weight excluding hydrogens is 380 g/mol. The van der Waals surface area contributed by atoms with Crippen molar-refractivity contribution >= 4 is 40.6 Å². The molecular formula is C20H24N2O3S2. The number of carbonyl (C=O) groups is 2. The fourth-order valence-electron chi connectivity index (χ4n) is 3.08. The van der Waals surface area contributed by atoms with Crippen molar-refractivity contribution in [2.24, 2.45) is 10.9 Å². The van der Waals surface area contributed by atoms with Gasteiger partial charge in [-0.05, 0) is 36.8 Å². The molecule has 1 atom stereocenters. The van der Waals surface area contributed by atoms with Crippen molar-refractivity contribution in [2.45, 2.75) is 38.1 Å². The minimum atomic E-state index is -0.492. The second kappa shape index (κ2) is 8.52. The third kappa shape index (κ3) is 4.24. The number of nitrogens with zero attached hydrogens (tertiary/aromatic N) is 2. The lowest BCUT2D eigenvalue weighted by Gasteiger charge is -2.39. The van der Waals surface area contributed by atoms with E-state index >= 15 is 0 Å². The summed E-state index contributed by atoms with van der Waals surface area (Å²) < 4.78 is 5.51. The Morgan fingerprint density at radius 2 is 2.07 bits per heavy atom. The molecule has 0 bridgehead atoms. The number of rotatable bonds is 5. The first-order chi connectivity index (χ1) is 12.9. The summed E-state index contributed by atoms with van der Waals surface area (Å²) >= 11 is 3.21. The summed E-state index contributed by atoms with van der Waals surface area (Å²) in [4.78, 5) is 33.0. The summed E-state index contributed by atoms with van der Waals surface area (Å²) in [7, 11) is 0. The molecule has 2 heterocycles. The quantitative estimate of drug-likeness (QED) is 0.542. The Labute approximate surface area is 168 Å². The number of ether oxygens (including phenoxy) is 1. The summed E-state index contributed by atoms with van der Waals surface area (Å²) in [6.07, 6.45) is 2.46. The fraction of sp³-hybridized carbons (Fsp3) is 0.450. The average Bonchev–Trinajstić information content (AvgIpc) is 2.65. The molecule has 1 amide bonds. The van der Waals surface area contributed by atoms with Gasteiger partial charge in [0.25, 0.3) is 0 Å². The minimum absolute atomic E-state index is 0.00639. The normalized spacial score (nSPS) is 19.9. The number of esters is 1. The third-order valence-electron chi connectivity index (χ3n) is 4.41. The fourth-order valence-corrected chi connectivity index (χ4v) is 4.49. The Morgan fingerprint density at radius 3 is 2.70 bits per heavy atom. The largest absolute Gasteiger partial charge is 0.462 e. The minimum Gasteiger partial charge on any atom is -0.462 e. The topological polar surface area (TPSA) is 59.0 Å². The molecule has 27 heavy (non-hydrogen) atoms. The number of hydrogen-bond acceptors (Lipinski definition) is 6. The first-order valence-corrected chi connectivity index (χ1v) is 11.2. The first kappa shape index (κ1) is 20.0. The van der Waals surface area contributed by atoms with Crippen molar-refractivity contribution in [3.05, 3.63) is 41.1 Å². The molecule has 7 heteroatoms. The number of carbonyl (C=O) groups excluding carboxylic acids is 2. The van der Waals surface area contributed by atoms with E-state index in [1.54, 1.807) is 28.4 Å². The van der Waals surface area contributed by atoms with Gasteiger partial charge in [0.15, 0.2) is 5.17 Å². The van der Waals surface area contributed by atoms with Gasteiger partial charge in [-0.25, -0.2) is 9.79 Å². The highest BCUT2D eigenvalue weighted by Crippen LogP contribution is 2.40. The molecule has 0 unspecified atom stereocenters. The van der Waals surface area contributed by atoms with E-state index in [0.717, 1.165) is 10.5 Å². The molecule has 0 aliphatic carbocycles. The summed E-state index contributed by atoms with van der Waals surface area (Å²) in [6, 6.07) is 7.50. The van der Waals surface area contributed by atoms with Crippen molar-refractivity contribution in [3.63, 3.8) is 0 Å². The van der Waals surface area contributed by atoms with Crippen LogP contribution in [0.4, 0.5) is 0 Å². The zero-order valence-electron chi connectivity index (χ0n) is 16.0. The number of amidine groups is 1. The van der Waals surface area contributed by atoms with E-state index in [9.17, 15) is 9.59 Å². The predicted molar refractivity (Wildman–Crippen MR) is 111 cm³/mol. The standard InChI is InChI=1S/C20H24N2O3S2/c1-12(2)11-25-19(24)17-13(3)21-20-22(16(23)9-10-27-20)18(17)14-5-7-15(26-4)8-6-14/h5-8,12,18H,9-11H2,1-4H3/t18-/m1/s1. The van der Waals surface area contributed by atoms with Gasteiger partial charge in [-0.15, -0.1) is 11.8 Å². The van der Waals surface area contributed by atoms with E-state index in [-0.39, 0.29) is 11.8 Å². The first-order valence-electron chi connectivity index (χ1n) is 8.97. The second-order valence-corrected chi connectivity index (χ2v) is 8.87. The summed E-state index contributed by atoms with van der Waals surface area (Å²) in [6.45, 7) is 6.15. The molecule has 0 spiro atoms. The lowest BCUT2D eigenvalue weighted by molar-refractivity contribution is -0.141. The number of fused-ring (bicyclic) bond motifs is 1. The lowest BCUT2D eigenvalue weighted by Crippen LogP contribution is -2.45. The van der Waals surface area contributed by atoms with Crippen molar-refractivity contribution in [2.75, 3.05) is 18.6 Å². The Bertz CT molecular complexity index is 800. The summed E-state index contributed by atoms with van der Waals surface area (Å²) in [5, 5.41) is 0.670. The molecule has 1 aromatic rings. The number of benzene rings is 1. The molecule has 3 rings (SSSR count). The predicted octanol–water partition coefficient (Wildman–Crippen LogP) is 4.26. The molecule has 0 aromatic heterocycles. The molecule has 1 aromatic carbocycles. The summed E-state index contributed by atoms with van der Waals surface area (Å²) in [5.74, 6) is 0.551. The van der Waals surface area contributed by atoms with Crippen molar-refractivity contribution in [3.8, 4) is 0 Å². The zero-order valence-corrected chi connectivity index (χ0v) is 17.7. The van der Waals surface area contributed by atoms with Crippen LogP contribution in [0.25, 0.3) is 0 Å². The Balaban J connectivity index is 2.05. The van der Waals surface area contributed by atoms with Crippen LogP contribution >= 0.6 is 23.5 Å². The molecule has 0 N–H and O–H groups in total. The van der Waals surface area contributed by atoms with Crippen LogP contribution in [-0.4, -0.2) is 40.6 Å². The van der Waals surface area contributed by atoms with Crippen LogP contribution in [0.5, 0.6) is 0 Å². The molecule has 144 valence electrons. The van der Waals surface area contributed by atoms with Crippen LogP contribution in [0.15, 0.2) is 45.4 Å². The molecule has 0 saturated carbocycles. The van der Waals surface area contributed by atoms with Gasteiger partial charge in [0.05, 0.1) is 23.9 Å². The van der Waals surface area contributed by atoms with Gasteiger partial charge < -0.3 is 4.74 Å². The Kier molecular flexibility index (Phi) is 6.32. The van der Waals surface area contributed by atoms with Gasteiger partial charge in [0.2, 0.25) is 5.91 Å². The molecule has 0 radical (unpaired) electrons. The number of aliphatic imine (C=N–C) groups is 1. The van der Waals surface area contributed by atoms with E-state index in [2.05, 4.69) is 4.99 Å². The maximum absolute atomic E-state index is 12.9. The van der Waals surface area contributed by atoms with E-state index in [0.29, 0.717) is 35.2 Å². The smallest absolute Gasteiger partial charge is 0.338 e. The van der Waals surface area contributed by atoms with Crippen LogP contribution in [0.1, 0.15) is 38.8 Å². The SMILES string of the molecule is CSc1ccc([C@@H]2C(C(=O)OCC(C)C)=C(C)N=C3SCCC(=O)N32)cc1. The maximum atomic E-state index is 12.9. The van der Waals surface area contributed by atoms with Crippen molar-refractivity contribution in [1.29, 1.82) is 0 Å². The van der Waals surface area contributed by atoms with E-state index in [4.69, 9.17) is 4.74 Å². The third-order valence-corrected chi connectivity index (χ3v) is 6.10.